The third-order valence-corrected chi connectivity index (χ3v) is 4.46. The van der Waals surface area contributed by atoms with Gasteiger partial charge in [-0.15, -0.1) is 11.3 Å². The predicted octanol–water partition coefficient (Wildman–Crippen LogP) is 4.91. The maximum atomic E-state index is 4.58. The quantitative estimate of drug-likeness (QED) is 0.403. The largest absolute Gasteiger partial charge is 0.256 e. The summed E-state index contributed by atoms with van der Waals surface area (Å²) in [4.78, 5) is 5.92. The van der Waals surface area contributed by atoms with Crippen molar-refractivity contribution in [3.8, 4) is 0 Å². The van der Waals surface area contributed by atoms with E-state index in [1.54, 1.807) is 0 Å². The molecule has 2 aromatic carbocycles. The maximum Gasteiger partial charge on any atom is 0.0795 e. The van der Waals surface area contributed by atoms with Gasteiger partial charge in [0.15, 0.2) is 0 Å². The summed E-state index contributed by atoms with van der Waals surface area (Å²) < 4.78 is 1.36. The molecular formula is C16H11NS. The highest BCUT2D eigenvalue weighted by atomic mass is 32.1. The zero-order valence-electron chi connectivity index (χ0n) is 9.97. The Bertz CT molecular complexity index is 817. The SMILES string of the molecule is Cc1cc2c3ncccc3c3ccccc3c2s1. The number of aryl methyl sites for hydroxylation is 1. The smallest absolute Gasteiger partial charge is 0.0795 e. The molecule has 0 saturated heterocycles. The molecule has 2 heteroatoms. The second-order valence-corrected chi connectivity index (χ2v) is 5.80. The highest BCUT2D eigenvalue weighted by molar-refractivity contribution is 7.20. The van der Waals surface area contributed by atoms with Crippen molar-refractivity contribution in [1.82, 2.24) is 4.98 Å². The fourth-order valence-electron chi connectivity index (χ4n) is 2.64. The van der Waals surface area contributed by atoms with Crippen LogP contribution in [0.3, 0.4) is 0 Å². The lowest BCUT2D eigenvalue weighted by molar-refractivity contribution is 1.43. The number of benzene rings is 2. The van der Waals surface area contributed by atoms with Crippen LogP contribution < -0.4 is 0 Å². The molecule has 0 aliphatic heterocycles. The summed E-state index contributed by atoms with van der Waals surface area (Å²) in [5.41, 5.74) is 1.12. The van der Waals surface area contributed by atoms with Gasteiger partial charge in [-0.05, 0) is 24.4 Å². The van der Waals surface area contributed by atoms with Crippen molar-refractivity contribution < 1.29 is 0 Å². The van der Waals surface area contributed by atoms with Gasteiger partial charge in [0, 0.05) is 31.9 Å². The zero-order valence-corrected chi connectivity index (χ0v) is 10.8. The third kappa shape index (κ3) is 1.24. The van der Waals surface area contributed by atoms with Crippen LogP contribution in [-0.4, -0.2) is 4.98 Å². The molecule has 0 spiro atoms. The van der Waals surface area contributed by atoms with Crippen molar-refractivity contribution in [3.63, 3.8) is 0 Å². The Morgan fingerprint density at radius 2 is 1.67 bits per heavy atom. The lowest BCUT2D eigenvalue weighted by atomic mass is 10.0. The number of rotatable bonds is 0. The van der Waals surface area contributed by atoms with Crippen molar-refractivity contribution in [1.29, 1.82) is 0 Å². The molecule has 0 N–H and O–H groups in total. The molecule has 0 aliphatic rings. The molecule has 86 valence electrons. The van der Waals surface area contributed by atoms with E-state index >= 15 is 0 Å². The minimum absolute atomic E-state index is 1.12. The molecule has 18 heavy (non-hydrogen) atoms. The van der Waals surface area contributed by atoms with Gasteiger partial charge in [0.05, 0.1) is 5.52 Å². The van der Waals surface area contributed by atoms with Gasteiger partial charge in [-0.2, -0.15) is 0 Å². The van der Waals surface area contributed by atoms with Crippen LogP contribution in [0.25, 0.3) is 31.8 Å². The lowest BCUT2D eigenvalue weighted by Crippen LogP contribution is -1.81. The first-order valence-corrected chi connectivity index (χ1v) is 6.82. The van der Waals surface area contributed by atoms with Gasteiger partial charge in [0.25, 0.3) is 0 Å². The molecule has 0 bridgehead atoms. The van der Waals surface area contributed by atoms with Crippen LogP contribution in [0.2, 0.25) is 0 Å². The molecule has 2 heterocycles. The molecule has 0 unspecified atom stereocenters. The van der Waals surface area contributed by atoms with Crippen molar-refractivity contribution in [2.24, 2.45) is 0 Å². The van der Waals surface area contributed by atoms with E-state index in [4.69, 9.17) is 0 Å². The van der Waals surface area contributed by atoms with E-state index < -0.39 is 0 Å². The minimum Gasteiger partial charge on any atom is -0.256 e. The zero-order chi connectivity index (χ0) is 12.1. The normalized spacial score (nSPS) is 11.6. The Balaban J connectivity index is 2.45. The third-order valence-electron chi connectivity index (χ3n) is 3.38. The van der Waals surface area contributed by atoms with E-state index in [1.807, 2.05) is 23.6 Å². The summed E-state index contributed by atoms with van der Waals surface area (Å²) in [6.07, 6.45) is 1.88. The average molecular weight is 249 g/mol. The second kappa shape index (κ2) is 3.53. The first-order valence-electron chi connectivity index (χ1n) is 6.00. The molecular weight excluding hydrogens is 238 g/mol. The van der Waals surface area contributed by atoms with Crippen LogP contribution in [0.1, 0.15) is 4.88 Å². The molecule has 2 aromatic heterocycles. The number of thiophene rings is 1. The van der Waals surface area contributed by atoms with E-state index in [0.717, 1.165) is 5.52 Å². The number of fused-ring (bicyclic) bond motifs is 6. The molecule has 4 rings (SSSR count). The second-order valence-electron chi connectivity index (χ2n) is 4.55. The number of hydrogen-bond acceptors (Lipinski definition) is 2. The van der Waals surface area contributed by atoms with E-state index in [-0.39, 0.29) is 0 Å². The van der Waals surface area contributed by atoms with Gasteiger partial charge in [-0.1, -0.05) is 30.3 Å². The number of pyridine rings is 1. The molecule has 0 aliphatic carbocycles. The molecule has 1 nitrogen and oxygen atoms in total. The first kappa shape index (κ1) is 10.0. The summed E-state index contributed by atoms with van der Waals surface area (Å²) >= 11 is 1.86. The lowest BCUT2D eigenvalue weighted by Gasteiger charge is -2.05. The standard InChI is InChI=1S/C16H11NS/c1-10-9-14-15-12(7-4-8-17-15)11-5-2-3-6-13(11)16(14)18-10/h2-9H,1H3. The van der Waals surface area contributed by atoms with E-state index in [1.165, 1.54) is 31.1 Å². The molecule has 0 fully saturated rings. The van der Waals surface area contributed by atoms with Crippen molar-refractivity contribution in [2.45, 2.75) is 6.92 Å². The van der Waals surface area contributed by atoms with E-state index in [2.05, 4.69) is 48.3 Å². The maximum absolute atomic E-state index is 4.58. The Kier molecular flexibility index (Phi) is 1.97. The molecule has 0 radical (unpaired) electrons. The van der Waals surface area contributed by atoms with Crippen molar-refractivity contribution >= 4 is 43.1 Å². The summed E-state index contributed by atoms with van der Waals surface area (Å²) in [5.74, 6) is 0. The fourth-order valence-corrected chi connectivity index (χ4v) is 3.70. The summed E-state index contributed by atoms with van der Waals surface area (Å²) in [6, 6.07) is 15.0. The van der Waals surface area contributed by atoms with E-state index in [9.17, 15) is 0 Å². The van der Waals surface area contributed by atoms with Crippen LogP contribution in [0.4, 0.5) is 0 Å². The fraction of sp³-hybridized carbons (Fsp3) is 0.0625. The van der Waals surface area contributed by atoms with Gasteiger partial charge >= 0.3 is 0 Å². The molecule has 4 aromatic rings. The van der Waals surface area contributed by atoms with Gasteiger partial charge < -0.3 is 0 Å². The highest BCUT2D eigenvalue weighted by Gasteiger charge is 2.10. The summed E-state index contributed by atoms with van der Waals surface area (Å²) in [5, 5.41) is 5.17. The van der Waals surface area contributed by atoms with Gasteiger partial charge in [-0.3, -0.25) is 4.98 Å². The van der Waals surface area contributed by atoms with Crippen LogP contribution in [0.5, 0.6) is 0 Å². The Labute approximate surface area is 109 Å². The van der Waals surface area contributed by atoms with Gasteiger partial charge in [0.2, 0.25) is 0 Å². The van der Waals surface area contributed by atoms with Gasteiger partial charge in [-0.25, -0.2) is 0 Å². The number of hydrogen-bond donors (Lipinski definition) is 0. The van der Waals surface area contributed by atoms with Crippen molar-refractivity contribution in [2.75, 3.05) is 0 Å². The molecule has 0 amide bonds. The van der Waals surface area contributed by atoms with Crippen LogP contribution in [0.15, 0.2) is 48.7 Å². The topological polar surface area (TPSA) is 12.9 Å². The van der Waals surface area contributed by atoms with Crippen molar-refractivity contribution in [3.05, 3.63) is 53.5 Å². The Hall–Kier alpha value is -1.93. The van der Waals surface area contributed by atoms with Gasteiger partial charge in [0.1, 0.15) is 0 Å². The predicted molar refractivity (Wildman–Crippen MR) is 79.4 cm³/mol. The van der Waals surface area contributed by atoms with Crippen LogP contribution in [-0.2, 0) is 0 Å². The number of aromatic nitrogens is 1. The average Bonchev–Trinajstić information content (AvgIpc) is 2.81. The summed E-state index contributed by atoms with van der Waals surface area (Å²) in [7, 11) is 0. The highest BCUT2D eigenvalue weighted by Crippen LogP contribution is 2.38. The summed E-state index contributed by atoms with van der Waals surface area (Å²) in [6.45, 7) is 2.16. The monoisotopic (exact) mass is 249 g/mol. The molecule has 0 saturated carbocycles. The van der Waals surface area contributed by atoms with Crippen LogP contribution >= 0.6 is 11.3 Å². The minimum atomic E-state index is 1.12. The molecule has 0 atom stereocenters. The van der Waals surface area contributed by atoms with E-state index in [0.29, 0.717) is 0 Å². The van der Waals surface area contributed by atoms with Crippen LogP contribution in [0, 0.1) is 6.92 Å². The Morgan fingerprint density at radius 3 is 2.56 bits per heavy atom. The number of nitrogens with zero attached hydrogens (tertiary/aromatic N) is 1. The Morgan fingerprint density at radius 1 is 0.889 bits per heavy atom. The first-order chi connectivity index (χ1) is 8.84.